The number of hydrogen-bond donors (Lipinski definition) is 0. The first-order chi connectivity index (χ1) is 14.9. The molecule has 0 aliphatic carbocycles. The van der Waals surface area contributed by atoms with Crippen molar-refractivity contribution in [2.75, 3.05) is 16.3 Å². The van der Waals surface area contributed by atoms with Crippen LogP contribution in [0.5, 0.6) is 0 Å². The van der Waals surface area contributed by atoms with Gasteiger partial charge in [-0.3, -0.25) is 9.59 Å². The number of halogens is 2. The fourth-order valence-electron chi connectivity index (χ4n) is 4.01. The fraction of sp³-hybridized carbons (Fsp3) is 0.200. The maximum atomic E-state index is 13.2. The van der Waals surface area contributed by atoms with Crippen LogP contribution in [-0.4, -0.2) is 18.9 Å². The van der Waals surface area contributed by atoms with Crippen molar-refractivity contribution < 1.29 is 9.59 Å². The van der Waals surface area contributed by atoms with Crippen molar-refractivity contribution >= 4 is 46.9 Å². The highest BCUT2D eigenvalue weighted by molar-refractivity contribution is 6.31. The maximum Gasteiger partial charge on any atom is 0.258 e. The smallest absolute Gasteiger partial charge is 0.258 e. The Morgan fingerprint density at radius 2 is 1.74 bits per heavy atom. The average Bonchev–Trinajstić information content (AvgIpc) is 3.20. The molecule has 1 aliphatic rings. The predicted octanol–water partition coefficient (Wildman–Crippen LogP) is 6.23. The molecule has 6 heteroatoms. The predicted molar refractivity (Wildman–Crippen MR) is 126 cm³/mol. The molecule has 158 valence electrons. The SMILES string of the molecule is Cc1ccc(Cl)cc1C(=O)N1CCc2cc([C@@H](C)N(C=O)c3ccc(Cl)cc3)ccc21. The molecule has 1 aliphatic heterocycles. The van der Waals surface area contributed by atoms with Crippen molar-refractivity contribution in [3.05, 3.63) is 93.0 Å². The molecule has 0 bridgehead atoms. The number of amides is 2. The Balaban J connectivity index is 1.61. The average molecular weight is 453 g/mol. The number of aryl methyl sites for hydroxylation is 1. The maximum absolute atomic E-state index is 13.2. The Kier molecular flexibility index (Phi) is 6.03. The van der Waals surface area contributed by atoms with Gasteiger partial charge in [0.15, 0.2) is 0 Å². The van der Waals surface area contributed by atoms with E-state index in [2.05, 4.69) is 6.07 Å². The second-order valence-electron chi connectivity index (χ2n) is 7.72. The van der Waals surface area contributed by atoms with Crippen LogP contribution < -0.4 is 9.80 Å². The van der Waals surface area contributed by atoms with Gasteiger partial charge in [0.1, 0.15) is 0 Å². The van der Waals surface area contributed by atoms with Gasteiger partial charge in [0.05, 0.1) is 6.04 Å². The van der Waals surface area contributed by atoms with E-state index in [0.717, 1.165) is 40.9 Å². The van der Waals surface area contributed by atoms with E-state index in [1.807, 2.05) is 44.2 Å². The van der Waals surface area contributed by atoms with Crippen LogP contribution in [0.15, 0.2) is 60.7 Å². The molecule has 0 spiro atoms. The number of fused-ring (bicyclic) bond motifs is 1. The van der Waals surface area contributed by atoms with Crippen LogP contribution in [0.4, 0.5) is 11.4 Å². The third-order valence-corrected chi connectivity index (χ3v) is 6.30. The molecule has 0 fully saturated rings. The monoisotopic (exact) mass is 452 g/mol. The zero-order valence-electron chi connectivity index (χ0n) is 17.3. The van der Waals surface area contributed by atoms with Crippen molar-refractivity contribution in [1.29, 1.82) is 0 Å². The van der Waals surface area contributed by atoms with Gasteiger partial charge in [0.2, 0.25) is 6.41 Å². The Labute approximate surface area is 192 Å². The second-order valence-corrected chi connectivity index (χ2v) is 8.59. The number of hydrogen-bond acceptors (Lipinski definition) is 2. The molecule has 0 saturated heterocycles. The zero-order valence-corrected chi connectivity index (χ0v) is 18.8. The van der Waals surface area contributed by atoms with E-state index in [0.29, 0.717) is 22.2 Å². The molecule has 0 saturated carbocycles. The Morgan fingerprint density at radius 3 is 2.45 bits per heavy atom. The minimum atomic E-state index is -0.163. The highest BCUT2D eigenvalue weighted by Crippen LogP contribution is 2.34. The molecule has 4 rings (SSSR count). The Hall–Kier alpha value is -2.82. The van der Waals surface area contributed by atoms with Crippen molar-refractivity contribution in [2.24, 2.45) is 0 Å². The summed E-state index contributed by atoms with van der Waals surface area (Å²) in [6, 6.07) is 18.4. The van der Waals surface area contributed by atoms with E-state index in [-0.39, 0.29) is 11.9 Å². The first-order valence-electron chi connectivity index (χ1n) is 10.1. The van der Waals surface area contributed by atoms with E-state index in [9.17, 15) is 9.59 Å². The summed E-state index contributed by atoms with van der Waals surface area (Å²) in [5.41, 5.74) is 5.31. The first kappa shape index (κ1) is 21.4. The van der Waals surface area contributed by atoms with E-state index in [1.54, 1.807) is 34.1 Å². The van der Waals surface area contributed by atoms with Gasteiger partial charge >= 0.3 is 0 Å². The van der Waals surface area contributed by atoms with Crippen LogP contribution in [0.25, 0.3) is 0 Å². The van der Waals surface area contributed by atoms with Gasteiger partial charge in [-0.25, -0.2) is 0 Å². The molecule has 0 N–H and O–H groups in total. The van der Waals surface area contributed by atoms with E-state index >= 15 is 0 Å². The van der Waals surface area contributed by atoms with Gasteiger partial charge in [0.25, 0.3) is 5.91 Å². The number of nitrogens with zero attached hydrogens (tertiary/aromatic N) is 2. The van der Waals surface area contributed by atoms with E-state index in [1.165, 1.54) is 0 Å². The van der Waals surface area contributed by atoms with E-state index < -0.39 is 0 Å². The molecule has 1 atom stereocenters. The molecular weight excluding hydrogens is 431 g/mol. The van der Waals surface area contributed by atoms with Crippen molar-refractivity contribution in [1.82, 2.24) is 0 Å². The largest absolute Gasteiger partial charge is 0.308 e. The van der Waals surface area contributed by atoms with Gasteiger partial charge < -0.3 is 9.80 Å². The molecular formula is C25H22Cl2N2O2. The number of rotatable bonds is 5. The quantitative estimate of drug-likeness (QED) is 0.430. The third kappa shape index (κ3) is 4.18. The van der Waals surface area contributed by atoms with Crippen LogP contribution in [0, 0.1) is 6.92 Å². The zero-order chi connectivity index (χ0) is 22.1. The lowest BCUT2D eigenvalue weighted by Gasteiger charge is -2.26. The summed E-state index contributed by atoms with van der Waals surface area (Å²) in [5, 5.41) is 1.17. The van der Waals surface area contributed by atoms with Gasteiger partial charge in [-0.15, -0.1) is 0 Å². The normalized spacial score (nSPS) is 13.6. The topological polar surface area (TPSA) is 40.6 Å². The van der Waals surface area contributed by atoms with Gasteiger partial charge in [-0.05, 0) is 79.4 Å². The Bertz CT molecular complexity index is 1140. The number of carbonyl (C=O) groups excluding carboxylic acids is 2. The summed E-state index contributed by atoms with van der Waals surface area (Å²) in [4.78, 5) is 28.5. The van der Waals surface area contributed by atoms with Crippen LogP contribution in [0.2, 0.25) is 10.0 Å². The van der Waals surface area contributed by atoms with Crippen LogP contribution in [0.1, 0.15) is 40.0 Å². The Morgan fingerprint density at radius 1 is 1.03 bits per heavy atom. The van der Waals surface area contributed by atoms with Crippen LogP contribution in [-0.2, 0) is 11.2 Å². The van der Waals surface area contributed by atoms with E-state index in [4.69, 9.17) is 23.2 Å². The molecule has 2 amide bonds. The summed E-state index contributed by atoms with van der Waals surface area (Å²) in [6.45, 7) is 4.51. The lowest BCUT2D eigenvalue weighted by atomic mass is 10.0. The standard InChI is InChI=1S/C25H22Cl2N2O2/c1-16-3-5-21(27)14-23(16)25(31)28-12-11-19-13-18(4-10-24(19)28)17(2)29(15-30)22-8-6-20(26)7-9-22/h3-10,13-15,17H,11-12H2,1-2H3/t17-/m1/s1. The second kappa shape index (κ2) is 8.74. The minimum Gasteiger partial charge on any atom is -0.308 e. The summed E-state index contributed by atoms with van der Waals surface area (Å²) >= 11 is 12.1. The molecule has 0 unspecified atom stereocenters. The number of benzene rings is 3. The number of anilines is 2. The molecule has 3 aromatic carbocycles. The first-order valence-corrected chi connectivity index (χ1v) is 10.8. The summed E-state index contributed by atoms with van der Waals surface area (Å²) in [7, 11) is 0. The minimum absolute atomic E-state index is 0.0461. The highest BCUT2D eigenvalue weighted by Gasteiger charge is 2.28. The summed E-state index contributed by atoms with van der Waals surface area (Å²) in [6.07, 6.45) is 1.60. The molecule has 1 heterocycles. The molecule has 31 heavy (non-hydrogen) atoms. The van der Waals surface area contributed by atoms with Crippen molar-refractivity contribution in [3.8, 4) is 0 Å². The van der Waals surface area contributed by atoms with Crippen LogP contribution in [0.3, 0.4) is 0 Å². The summed E-state index contributed by atoms with van der Waals surface area (Å²) < 4.78 is 0. The molecule has 0 aromatic heterocycles. The fourth-order valence-corrected chi connectivity index (χ4v) is 4.31. The lowest BCUT2D eigenvalue weighted by Crippen LogP contribution is -2.29. The number of carbonyl (C=O) groups is 2. The van der Waals surface area contributed by atoms with Gasteiger partial charge in [-0.2, -0.15) is 0 Å². The van der Waals surface area contributed by atoms with Crippen LogP contribution >= 0.6 is 23.2 Å². The van der Waals surface area contributed by atoms with Crippen molar-refractivity contribution in [2.45, 2.75) is 26.3 Å². The molecule has 0 radical (unpaired) electrons. The summed E-state index contributed by atoms with van der Waals surface area (Å²) in [5.74, 6) is -0.0461. The lowest BCUT2D eigenvalue weighted by molar-refractivity contribution is -0.107. The highest BCUT2D eigenvalue weighted by atomic mass is 35.5. The van der Waals surface area contributed by atoms with Gasteiger partial charge in [0, 0.05) is 33.5 Å². The molecule has 4 nitrogen and oxygen atoms in total. The van der Waals surface area contributed by atoms with Crippen molar-refractivity contribution in [3.63, 3.8) is 0 Å². The molecule has 3 aromatic rings. The van der Waals surface area contributed by atoms with Gasteiger partial charge in [-0.1, -0.05) is 41.4 Å². The third-order valence-electron chi connectivity index (χ3n) is 5.81.